The van der Waals surface area contributed by atoms with E-state index < -0.39 is 0 Å². The molecular formula is C26H28N6O. The highest BCUT2D eigenvalue weighted by Crippen LogP contribution is 2.29. The Labute approximate surface area is 193 Å². The van der Waals surface area contributed by atoms with Crippen molar-refractivity contribution < 1.29 is 4.79 Å². The van der Waals surface area contributed by atoms with Crippen molar-refractivity contribution in [2.45, 2.75) is 19.4 Å². The van der Waals surface area contributed by atoms with Crippen LogP contribution >= 0.6 is 0 Å². The normalized spacial score (nSPS) is 16.0. The van der Waals surface area contributed by atoms with E-state index in [1.807, 2.05) is 30.5 Å². The quantitative estimate of drug-likeness (QED) is 0.483. The number of hydrogen-bond acceptors (Lipinski definition) is 5. The Morgan fingerprint density at radius 2 is 2.00 bits per heavy atom. The summed E-state index contributed by atoms with van der Waals surface area (Å²) in [5, 5.41) is 4.06. The zero-order chi connectivity index (χ0) is 22.9. The third-order valence-corrected chi connectivity index (χ3v) is 6.43. The van der Waals surface area contributed by atoms with Crippen molar-refractivity contribution in [3.8, 4) is 11.1 Å². The van der Waals surface area contributed by atoms with Gasteiger partial charge in [0.05, 0.1) is 0 Å². The molecule has 0 bridgehead atoms. The van der Waals surface area contributed by atoms with Crippen LogP contribution in [0.1, 0.15) is 22.5 Å². The number of aryl methyl sites for hydroxylation is 1. The summed E-state index contributed by atoms with van der Waals surface area (Å²) in [6, 6.07) is 14.4. The van der Waals surface area contributed by atoms with Gasteiger partial charge in [0.2, 0.25) is 0 Å². The summed E-state index contributed by atoms with van der Waals surface area (Å²) >= 11 is 0. The molecule has 33 heavy (non-hydrogen) atoms. The first-order chi connectivity index (χ1) is 16.0. The molecule has 1 fully saturated rings. The Hall–Kier alpha value is -3.71. The minimum absolute atomic E-state index is 0.227. The SMILES string of the molecule is Cc1ccc(NC(=O)c2cc(-c3cnc4[nH]ccc4c3)ccn2)cc1N1CCC(N(C)C)C1. The molecule has 1 aromatic carbocycles. The van der Waals surface area contributed by atoms with Crippen LogP contribution in [0.15, 0.2) is 61.1 Å². The average molecular weight is 441 g/mol. The van der Waals surface area contributed by atoms with Crippen molar-refractivity contribution in [3.63, 3.8) is 0 Å². The van der Waals surface area contributed by atoms with E-state index in [1.54, 1.807) is 12.4 Å². The van der Waals surface area contributed by atoms with Gasteiger partial charge in [-0.1, -0.05) is 6.07 Å². The Morgan fingerprint density at radius 3 is 2.82 bits per heavy atom. The number of pyridine rings is 2. The minimum atomic E-state index is -0.227. The van der Waals surface area contributed by atoms with Gasteiger partial charge in [-0.05, 0) is 75.0 Å². The van der Waals surface area contributed by atoms with Gasteiger partial charge in [-0.15, -0.1) is 0 Å². The number of aromatic nitrogens is 3. The zero-order valence-electron chi connectivity index (χ0n) is 19.2. The van der Waals surface area contributed by atoms with Crippen molar-refractivity contribution in [1.29, 1.82) is 0 Å². The van der Waals surface area contributed by atoms with Crippen molar-refractivity contribution in [3.05, 3.63) is 72.3 Å². The number of hydrogen-bond donors (Lipinski definition) is 2. The lowest BCUT2D eigenvalue weighted by molar-refractivity contribution is 0.102. The molecule has 4 heterocycles. The summed E-state index contributed by atoms with van der Waals surface area (Å²) < 4.78 is 0. The molecule has 168 valence electrons. The summed E-state index contributed by atoms with van der Waals surface area (Å²) in [6.45, 7) is 4.13. The number of carbonyl (C=O) groups is 1. The lowest BCUT2D eigenvalue weighted by Gasteiger charge is -2.24. The molecule has 2 N–H and O–H groups in total. The number of nitrogens with zero attached hydrogens (tertiary/aromatic N) is 4. The van der Waals surface area contributed by atoms with Gasteiger partial charge in [0.1, 0.15) is 11.3 Å². The fourth-order valence-electron chi connectivity index (χ4n) is 4.44. The molecule has 1 atom stereocenters. The molecule has 0 spiro atoms. The molecule has 0 saturated carbocycles. The molecular weight excluding hydrogens is 412 g/mol. The molecule has 0 radical (unpaired) electrons. The van der Waals surface area contributed by atoms with Crippen LogP contribution in [0.2, 0.25) is 0 Å². The van der Waals surface area contributed by atoms with Crippen LogP contribution < -0.4 is 10.2 Å². The van der Waals surface area contributed by atoms with Crippen molar-refractivity contribution in [2.75, 3.05) is 37.4 Å². The number of aromatic amines is 1. The number of H-pyrrole nitrogens is 1. The first-order valence-corrected chi connectivity index (χ1v) is 11.2. The first-order valence-electron chi connectivity index (χ1n) is 11.2. The van der Waals surface area contributed by atoms with E-state index in [1.165, 1.54) is 11.3 Å². The third-order valence-electron chi connectivity index (χ3n) is 6.43. The number of likely N-dealkylation sites (N-methyl/N-ethyl adjacent to an activating group) is 1. The molecule has 7 heteroatoms. The van der Waals surface area contributed by atoms with Crippen molar-refractivity contribution in [2.24, 2.45) is 0 Å². The third kappa shape index (κ3) is 4.32. The van der Waals surface area contributed by atoms with Gasteiger partial charge in [0, 0.05) is 60.0 Å². The number of fused-ring (bicyclic) bond motifs is 1. The van der Waals surface area contributed by atoms with Crippen LogP contribution in [0.3, 0.4) is 0 Å². The van der Waals surface area contributed by atoms with Crippen LogP contribution in [0.5, 0.6) is 0 Å². The number of benzene rings is 1. The maximum absolute atomic E-state index is 13.0. The Morgan fingerprint density at radius 1 is 1.12 bits per heavy atom. The summed E-state index contributed by atoms with van der Waals surface area (Å²) in [7, 11) is 4.26. The minimum Gasteiger partial charge on any atom is -0.370 e. The number of amides is 1. The van der Waals surface area contributed by atoms with Gasteiger partial charge in [-0.25, -0.2) is 4.98 Å². The van der Waals surface area contributed by atoms with E-state index in [4.69, 9.17) is 0 Å². The van der Waals surface area contributed by atoms with E-state index >= 15 is 0 Å². The van der Waals surface area contributed by atoms with Crippen LogP contribution in [-0.2, 0) is 0 Å². The van der Waals surface area contributed by atoms with E-state index in [0.717, 1.165) is 47.4 Å². The summed E-state index contributed by atoms with van der Waals surface area (Å²) in [6.07, 6.45) is 6.48. The molecule has 7 nitrogen and oxygen atoms in total. The topological polar surface area (TPSA) is 77.1 Å². The van der Waals surface area contributed by atoms with Gasteiger partial charge in [-0.3, -0.25) is 9.78 Å². The Bertz CT molecular complexity index is 1310. The van der Waals surface area contributed by atoms with Crippen molar-refractivity contribution in [1.82, 2.24) is 19.9 Å². The molecule has 1 amide bonds. The Balaban J connectivity index is 1.35. The standard InChI is InChI=1S/C26H28N6O/c1-17-4-5-21(14-24(17)32-11-8-22(16-32)31(2)3)30-26(33)23-13-18(6-9-27-23)20-12-19-7-10-28-25(19)29-15-20/h4-7,9-10,12-15,22H,8,11,16H2,1-3H3,(H,28,29)(H,30,33). The van der Waals surface area contributed by atoms with Gasteiger partial charge in [0.25, 0.3) is 5.91 Å². The number of nitrogens with one attached hydrogen (secondary N) is 2. The van der Waals surface area contributed by atoms with Gasteiger partial charge in [0.15, 0.2) is 0 Å². The van der Waals surface area contributed by atoms with E-state index in [0.29, 0.717) is 11.7 Å². The molecule has 4 aromatic rings. The maximum atomic E-state index is 13.0. The lowest BCUT2D eigenvalue weighted by atomic mass is 10.1. The number of anilines is 2. The predicted molar refractivity (Wildman–Crippen MR) is 133 cm³/mol. The molecule has 1 saturated heterocycles. The monoisotopic (exact) mass is 440 g/mol. The van der Waals surface area contributed by atoms with Gasteiger partial charge >= 0.3 is 0 Å². The van der Waals surface area contributed by atoms with Gasteiger partial charge < -0.3 is 20.1 Å². The summed E-state index contributed by atoms with van der Waals surface area (Å²) in [4.78, 5) is 29.5. The summed E-state index contributed by atoms with van der Waals surface area (Å²) in [5.74, 6) is -0.227. The average Bonchev–Trinajstić information content (AvgIpc) is 3.50. The van der Waals surface area contributed by atoms with E-state index in [2.05, 4.69) is 69.3 Å². The molecule has 1 aliphatic rings. The first kappa shape index (κ1) is 21.2. The largest absolute Gasteiger partial charge is 0.370 e. The Kier molecular flexibility index (Phi) is 5.56. The summed E-state index contributed by atoms with van der Waals surface area (Å²) in [5.41, 5.74) is 6.22. The van der Waals surface area contributed by atoms with Crippen LogP contribution in [-0.4, -0.2) is 59.0 Å². The van der Waals surface area contributed by atoms with Crippen LogP contribution in [0.25, 0.3) is 22.2 Å². The second-order valence-electron chi connectivity index (χ2n) is 8.88. The molecule has 3 aromatic heterocycles. The lowest BCUT2D eigenvalue weighted by Crippen LogP contribution is -2.31. The number of rotatable bonds is 5. The zero-order valence-corrected chi connectivity index (χ0v) is 19.2. The molecule has 1 aliphatic heterocycles. The number of carbonyl (C=O) groups excluding carboxylic acids is 1. The van der Waals surface area contributed by atoms with Crippen LogP contribution in [0, 0.1) is 6.92 Å². The van der Waals surface area contributed by atoms with E-state index in [-0.39, 0.29) is 5.91 Å². The fraction of sp³-hybridized carbons (Fsp3) is 0.269. The second-order valence-corrected chi connectivity index (χ2v) is 8.88. The van der Waals surface area contributed by atoms with Gasteiger partial charge in [-0.2, -0.15) is 0 Å². The van der Waals surface area contributed by atoms with E-state index in [9.17, 15) is 4.79 Å². The fourth-order valence-corrected chi connectivity index (χ4v) is 4.44. The predicted octanol–water partition coefficient (Wildman–Crippen LogP) is 4.33. The van der Waals surface area contributed by atoms with Crippen LogP contribution in [0.4, 0.5) is 11.4 Å². The molecule has 5 rings (SSSR count). The highest BCUT2D eigenvalue weighted by Gasteiger charge is 2.25. The highest BCUT2D eigenvalue weighted by atomic mass is 16.1. The second kappa shape index (κ2) is 8.67. The smallest absolute Gasteiger partial charge is 0.274 e. The maximum Gasteiger partial charge on any atom is 0.274 e. The molecule has 1 unspecified atom stereocenters. The van der Waals surface area contributed by atoms with Crippen molar-refractivity contribution >= 4 is 28.3 Å². The molecule has 0 aliphatic carbocycles. The highest BCUT2D eigenvalue weighted by molar-refractivity contribution is 6.03.